The Morgan fingerprint density at radius 2 is 2.12 bits per heavy atom. The predicted molar refractivity (Wildman–Crippen MR) is 81.6 cm³/mol. The van der Waals surface area contributed by atoms with Gasteiger partial charge in [-0.3, -0.25) is 0 Å². The summed E-state index contributed by atoms with van der Waals surface area (Å²) >= 11 is 8.04. The Morgan fingerprint density at radius 1 is 1.41 bits per heavy atom. The van der Waals surface area contributed by atoms with E-state index in [-0.39, 0.29) is 11.5 Å². The van der Waals surface area contributed by atoms with Crippen molar-refractivity contribution in [1.29, 1.82) is 0 Å². The number of sulfone groups is 1. The van der Waals surface area contributed by atoms with E-state index in [0.29, 0.717) is 18.0 Å². The van der Waals surface area contributed by atoms with Crippen LogP contribution in [0.4, 0.5) is 5.69 Å². The lowest BCUT2D eigenvalue weighted by Gasteiger charge is -2.08. The van der Waals surface area contributed by atoms with Crippen LogP contribution in [0.25, 0.3) is 0 Å². The van der Waals surface area contributed by atoms with Gasteiger partial charge in [-0.1, -0.05) is 18.5 Å². The van der Waals surface area contributed by atoms with E-state index in [9.17, 15) is 8.42 Å². The molecule has 96 valence electrons. The van der Waals surface area contributed by atoms with E-state index in [4.69, 9.17) is 11.6 Å². The first kappa shape index (κ1) is 15.0. The maximum Gasteiger partial charge on any atom is 0.150 e. The van der Waals surface area contributed by atoms with E-state index in [1.807, 2.05) is 18.2 Å². The van der Waals surface area contributed by atoms with Gasteiger partial charge in [-0.2, -0.15) is 0 Å². The maximum absolute atomic E-state index is 11.3. The average molecular weight is 388 g/mol. The number of hydrogen-bond donors (Lipinski definition) is 1. The van der Waals surface area contributed by atoms with Crippen LogP contribution in [0.1, 0.15) is 13.3 Å². The molecule has 0 fully saturated rings. The third-order valence-corrected chi connectivity index (χ3v) is 5.24. The van der Waals surface area contributed by atoms with Gasteiger partial charge >= 0.3 is 0 Å². The molecule has 0 saturated carbocycles. The minimum Gasteiger partial charge on any atom is -0.384 e. The van der Waals surface area contributed by atoms with E-state index in [0.717, 1.165) is 9.26 Å². The number of anilines is 1. The molecule has 17 heavy (non-hydrogen) atoms. The van der Waals surface area contributed by atoms with E-state index in [1.54, 1.807) is 6.92 Å². The lowest BCUT2D eigenvalue weighted by molar-refractivity contribution is 0.595. The zero-order chi connectivity index (χ0) is 12.9. The molecule has 1 rings (SSSR count). The van der Waals surface area contributed by atoms with Crippen LogP contribution in [0.15, 0.2) is 18.2 Å². The zero-order valence-electron chi connectivity index (χ0n) is 9.54. The van der Waals surface area contributed by atoms with E-state index < -0.39 is 9.84 Å². The topological polar surface area (TPSA) is 46.2 Å². The quantitative estimate of drug-likeness (QED) is 0.602. The molecule has 0 aromatic heterocycles. The SMILES string of the molecule is CCS(=O)(=O)CCCNc1ccc(Cl)cc1I. The van der Waals surface area contributed by atoms with Crippen LogP contribution in [-0.2, 0) is 9.84 Å². The number of hydrogen-bond acceptors (Lipinski definition) is 3. The van der Waals surface area contributed by atoms with Crippen LogP contribution in [0.5, 0.6) is 0 Å². The third kappa shape index (κ3) is 5.44. The fraction of sp³-hybridized carbons (Fsp3) is 0.455. The number of halogens is 2. The Kier molecular flexibility index (Phi) is 6.02. The molecular formula is C11H15ClINO2S. The second kappa shape index (κ2) is 6.80. The normalized spacial score (nSPS) is 11.5. The second-order valence-electron chi connectivity index (χ2n) is 3.64. The number of rotatable bonds is 6. The van der Waals surface area contributed by atoms with Crippen LogP contribution < -0.4 is 5.32 Å². The van der Waals surface area contributed by atoms with Crippen molar-refractivity contribution >= 4 is 49.7 Å². The van der Waals surface area contributed by atoms with Crippen molar-refractivity contribution in [3.63, 3.8) is 0 Å². The van der Waals surface area contributed by atoms with Crippen LogP contribution in [0.2, 0.25) is 5.02 Å². The van der Waals surface area contributed by atoms with Gasteiger partial charge in [0.2, 0.25) is 0 Å². The zero-order valence-corrected chi connectivity index (χ0v) is 13.3. The van der Waals surface area contributed by atoms with Crippen molar-refractivity contribution < 1.29 is 8.42 Å². The van der Waals surface area contributed by atoms with Gasteiger partial charge in [0.25, 0.3) is 0 Å². The molecule has 6 heteroatoms. The summed E-state index contributed by atoms with van der Waals surface area (Å²) in [5.74, 6) is 0.451. The highest BCUT2D eigenvalue weighted by Gasteiger charge is 2.06. The average Bonchev–Trinajstić information content (AvgIpc) is 2.27. The van der Waals surface area contributed by atoms with Gasteiger partial charge in [0.15, 0.2) is 0 Å². The molecule has 0 unspecified atom stereocenters. The second-order valence-corrected chi connectivity index (χ2v) is 7.71. The van der Waals surface area contributed by atoms with Gasteiger partial charge < -0.3 is 5.32 Å². The highest BCUT2D eigenvalue weighted by atomic mass is 127. The van der Waals surface area contributed by atoms with Gasteiger partial charge in [0.05, 0.1) is 5.75 Å². The number of benzene rings is 1. The first-order chi connectivity index (χ1) is 7.94. The third-order valence-electron chi connectivity index (χ3n) is 2.32. The first-order valence-electron chi connectivity index (χ1n) is 5.34. The summed E-state index contributed by atoms with van der Waals surface area (Å²) in [4.78, 5) is 0. The smallest absolute Gasteiger partial charge is 0.150 e. The van der Waals surface area contributed by atoms with Crippen molar-refractivity contribution in [2.24, 2.45) is 0 Å². The fourth-order valence-corrected chi connectivity index (χ4v) is 3.23. The first-order valence-corrected chi connectivity index (χ1v) is 8.62. The molecule has 0 saturated heterocycles. The van der Waals surface area contributed by atoms with Crippen LogP contribution >= 0.6 is 34.2 Å². The molecule has 1 N–H and O–H groups in total. The Hall–Kier alpha value is -0.0100. The van der Waals surface area contributed by atoms with Gasteiger partial charge in [0, 0.05) is 26.6 Å². The lowest BCUT2D eigenvalue weighted by Crippen LogP contribution is -2.13. The summed E-state index contributed by atoms with van der Waals surface area (Å²) in [5, 5.41) is 3.91. The highest BCUT2D eigenvalue weighted by molar-refractivity contribution is 14.1. The van der Waals surface area contributed by atoms with Crippen LogP contribution in [0.3, 0.4) is 0 Å². The molecule has 0 radical (unpaired) electrons. The largest absolute Gasteiger partial charge is 0.384 e. The molecule has 0 amide bonds. The van der Waals surface area contributed by atoms with E-state index in [2.05, 4.69) is 27.9 Å². The van der Waals surface area contributed by atoms with Gasteiger partial charge in [0.1, 0.15) is 9.84 Å². The summed E-state index contributed by atoms with van der Waals surface area (Å²) in [6, 6.07) is 5.58. The molecular weight excluding hydrogens is 373 g/mol. The Labute approximate surface area is 121 Å². The van der Waals surface area contributed by atoms with Crippen LogP contribution in [0, 0.1) is 3.57 Å². The molecule has 0 spiro atoms. The standard InChI is InChI=1S/C11H15ClINO2S/c1-2-17(15,16)7-3-6-14-11-5-4-9(12)8-10(11)13/h4-5,8,14H,2-3,6-7H2,1H3. The Balaban J connectivity index is 2.41. The minimum atomic E-state index is -2.85. The molecule has 0 aliphatic carbocycles. The van der Waals surface area contributed by atoms with Crippen LogP contribution in [-0.4, -0.2) is 26.5 Å². The minimum absolute atomic E-state index is 0.214. The molecule has 3 nitrogen and oxygen atoms in total. The summed E-state index contributed by atoms with van der Waals surface area (Å²) in [5.41, 5.74) is 0.990. The summed E-state index contributed by atoms with van der Waals surface area (Å²) in [6.07, 6.45) is 0.620. The summed E-state index contributed by atoms with van der Waals surface area (Å²) in [6.45, 7) is 2.32. The lowest BCUT2D eigenvalue weighted by atomic mass is 10.3. The Bertz CT molecular complexity index is 476. The van der Waals surface area contributed by atoms with E-state index >= 15 is 0 Å². The maximum atomic E-state index is 11.3. The Morgan fingerprint density at radius 3 is 2.71 bits per heavy atom. The summed E-state index contributed by atoms with van der Waals surface area (Å²) in [7, 11) is -2.85. The van der Waals surface area contributed by atoms with Crippen molar-refractivity contribution in [1.82, 2.24) is 0 Å². The van der Waals surface area contributed by atoms with Crippen molar-refractivity contribution in [3.8, 4) is 0 Å². The molecule has 0 bridgehead atoms. The number of nitrogens with one attached hydrogen (secondary N) is 1. The molecule has 1 aromatic rings. The molecule has 0 heterocycles. The van der Waals surface area contributed by atoms with Gasteiger partial charge in [-0.15, -0.1) is 0 Å². The fourth-order valence-electron chi connectivity index (χ4n) is 1.29. The molecule has 0 aliphatic heterocycles. The highest BCUT2D eigenvalue weighted by Crippen LogP contribution is 2.22. The van der Waals surface area contributed by atoms with E-state index in [1.165, 1.54) is 0 Å². The van der Waals surface area contributed by atoms with Crippen molar-refractivity contribution in [3.05, 3.63) is 26.8 Å². The van der Waals surface area contributed by atoms with Crippen molar-refractivity contribution in [2.45, 2.75) is 13.3 Å². The molecule has 1 aromatic carbocycles. The monoisotopic (exact) mass is 387 g/mol. The van der Waals surface area contributed by atoms with Gasteiger partial charge in [-0.25, -0.2) is 8.42 Å². The molecule has 0 aliphatic rings. The van der Waals surface area contributed by atoms with Crippen molar-refractivity contribution in [2.75, 3.05) is 23.4 Å². The van der Waals surface area contributed by atoms with Gasteiger partial charge in [-0.05, 0) is 47.2 Å². The molecule has 0 atom stereocenters. The summed E-state index contributed by atoms with van der Waals surface area (Å²) < 4.78 is 23.6. The predicted octanol–water partition coefficient (Wildman–Crippen LogP) is 3.18.